The lowest BCUT2D eigenvalue weighted by Crippen LogP contribution is -2.47. The predicted molar refractivity (Wildman–Crippen MR) is 129 cm³/mol. The molecule has 180 valence electrons. The molecule has 8 nitrogen and oxygen atoms in total. The Labute approximate surface area is 193 Å². The summed E-state index contributed by atoms with van der Waals surface area (Å²) < 4.78 is 16.1. The fourth-order valence-corrected chi connectivity index (χ4v) is 4.46. The Morgan fingerprint density at radius 1 is 1.09 bits per heavy atom. The topological polar surface area (TPSA) is 70.6 Å². The number of nitrogens with one attached hydrogen (secondary N) is 2. The number of guanidine groups is 1. The average molecular weight is 448 g/mol. The molecule has 3 rings (SSSR count). The fourth-order valence-electron chi connectivity index (χ4n) is 4.46. The van der Waals surface area contributed by atoms with Gasteiger partial charge in [-0.2, -0.15) is 0 Å². The predicted octanol–water partition coefficient (Wildman–Crippen LogP) is 1.59. The molecule has 0 bridgehead atoms. The number of piperidine rings is 1. The van der Waals surface area contributed by atoms with E-state index in [-0.39, 0.29) is 6.04 Å². The standard InChI is InChI=1S/C24H41N5O3/c1-25-24(26-18-20-8-10-28(11-9-20)12-15-30-2)27-19-23(29-13-16-32-17-14-29)21-4-6-22(31-3)7-5-21/h4-7,20,23H,8-19H2,1-3H3,(H2,25,26,27). The van der Waals surface area contributed by atoms with Crippen molar-refractivity contribution in [3.05, 3.63) is 29.8 Å². The zero-order valence-corrected chi connectivity index (χ0v) is 20.0. The maximum absolute atomic E-state index is 5.58. The van der Waals surface area contributed by atoms with Crippen LogP contribution in [0.1, 0.15) is 24.4 Å². The molecule has 2 aliphatic rings. The highest BCUT2D eigenvalue weighted by Gasteiger charge is 2.23. The zero-order valence-electron chi connectivity index (χ0n) is 20.0. The van der Waals surface area contributed by atoms with Gasteiger partial charge in [0.15, 0.2) is 5.96 Å². The van der Waals surface area contributed by atoms with Crippen LogP contribution in [0.25, 0.3) is 0 Å². The second-order valence-electron chi connectivity index (χ2n) is 8.55. The summed E-state index contributed by atoms with van der Waals surface area (Å²) in [6.07, 6.45) is 2.44. The van der Waals surface area contributed by atoms with E-state index >= 15 is 0 Å². The maximum atomic E-state index is 5.58. The summed E-state index contributed by atoms with van der Waals surface area (Å²) in [6.45, 7) is 9.34. The van der Waals surface area contributed by atoms with Crippen LogP contribution in [0.3, 0.4) is 0 Å². The number of ether oxygens (including phenoxy) is 3. The zero-order chi connectivity index (χ0) is 22.6. The van der Waals surface area contributed by atoms with Gasteiger partial charge in [-0.05, 0) is 49.5 Å². The molecule has 0 radical (unpaired) electrons. The number of methoxy groups -OCH3 is 2. The second-order valence-corrected chi connectivity index (χ2v) is 8.55. The minimum Gasteiger partial charge on any atom is -0.497 e. The Hall–Kier alpha value is -1.87. The molecule has 32 heavy (non-hydrogen) atoms. The molecule has 0 saturated carbocycles. The lowest BCUT2D eigenvalue weighted by Gasteiger charge is -2.35. The molecular weight excluding hydrogens is 406 g/mol. The lowest BCUT2D eigenvalue weighted by atomic mass is 9.97. The van der Waals surface area contributed by atoms with Gasteiger partial charge in [0.1, 0.15) is 5.75 Å². The molecule has 0 aliphatic carbocycles. The Kier molecular flexibility index (Phi) is 10.5. The van der Waals surface area contributed by atoms with Gasteiger partial charge in [0.2, 0.25) is 0 Å². The molecular formula is C24H41N5O3. The fraction of sp³-hybridized carbons (Fsp3) is 0.708. The van der Waals surface area contributed by atoms with E-state index in [9.17, 15) is 0 Å². The third kappa shape index (κ3) is 7.62. The van der Waals surface area contributed by atoms with Crippen LogP contribution in [-0.4, -0.2) is 103 Å². The van der Waals surface area contributed by atoms with E-state index in [1.165, 1.54) is 18.4 Å². The van der Waals surface area contributed by atoms with Gasteiger partial charge in [-0.15, -0.1) is 0 Å². The first-order chi connectivity index (χ1) is 15.7. The van der Waals surface area contributed by atoms with Crippen molar-refractivity contribution < 1.29 is 14.2 Å². The highest BCUT2D eigenvalue weighted by molar-refractivity contribution is 5.79. The molecule has 1 atom stereocenters. The van der Waals surface area contributed by atoms with E-state index < -0.39 is 0 Å². The highest BCUT2D eigenvalue weighted by Crippen LogP contribution is 2.23. The number of nitrogens with zero attached hydrogens (tertiary/aromatic N) is 3. The van der Waals surface area contributed by atoms with E-state index in [4.69, 9.17) is 14.2 Å². The minimum atomic E-state index is 0.257. The first-order valence-corrected chi connectivity index (χ1v) is 11.8. The molecule has 1 aromatic rings. The van der Waals surface area contributed by atoms with E-state index in [1.54, 1.807) is 14.2 Å². The van der Waals surface area contributed by atoms with Crippen molar-refractivity contribution in [3.63, 3.8) is 0 Å². The van der Waals surface area contributed by atoms with Gasteiger partial charge >= 0.3 is 0 Å². The van der Waals surface area contributed by atoms with Crippen molar-refractivity contribution in [2.24, 2.45) is 10.9 Å². The summed E-state index contributed by atoms with van der Waals surface area (Å²) in [7, 11) is 5.32. The molecule has 2 heterocycles. The molecule has 1 unspecified atom stereocenters. The van der Waals surface area contributed by atoms with Crippen molar-refractivity contribution in [2.45, 2.75) is 18.9 Å². The van der Waals surface area contributed by atoms with Crippen molar-refractivity contribution in [2.75, 3.05) is 86.9 Å². The number of aliphatic imine (C=N–C) groups is 1. The van der Waals surface area contributed by atoms with Gasteiger partial charge in [0.05, 0.1) is 33.0 Å². The summed E-state index contributed by atoms with van der Waals surface area (Å²) >= 11 is 0. The molecule has 0 aromatic heterocycles. The van der Waals surface area contributed by atoms with Crippen LogP contribution in [0, 0.1) is 5.92 Å². The molecule has 0 amide bonds. The number of hydrogen-bond acceptors (Lipinski definition) is 6. The van der Waals surface area contributed by atoms with Gasteiger partial charge in [-0.1, -0.05) is 12.1 Å². The van der Waals surface area contributed by atoms with Crippen LogP contribution in [-0.2, 0) is 9.47 Å². The number of benzene rings is 1. The highest BCUT2D eigenvalue weighted by atomic mass is 16.5. The Morgan fingerprint density at radius 3 is 2.44 bits per heavy atom. The minimum absolute atomic E-state index is 0.257. The van der Waals surface area contributed by atoms with E-state index in [2.05, 4.69) is 37.6 Å². The van der Waals surface area contributed by atoms with Crippen LogP contribution < -0.4 is 15.4 Å². The van der Waals surface area contributed by atoms with Crippen molar-refractivity contribution >= 4 is 5.96 Å². The third-order valence-electron chi connectivity index (χ3n) is 6.55. The molecule has 1 aromatic carbocycles. The summed E-state index contributed by atoms with van der Waals surface area (Å²) in [5.74, 6) is 2.44. The van der Waals surface area contributed by atoms with Crippen LogP contribution >= 0.6 is 0 Å². The van der Waals surface area contributed by atoms with Gasteiger partial charge in [-0.3, -0.25) is 9.89 Å². The molecule has 0 spiro atoms. The summed E-state index contributed by atoms with van der Waals surface area (Å²) in [6, 6.07) is 8.65. The van der Waals surface area contributed by atoms with Gasteiger partial charge in [0.25, 0.3) is 0 Å². The van der Waals surface area contributed by atoms with Crippen molar-refractivity contribution in [1.82, 2.24) is 20.4 Å². The maximum Gasteiger partial charge on any atom is 0.191 e. The van der Waals surface area contributed by atoms with Crippen LogP contribution in [0.5, 0.6) is 5.75 Å². The molecule has 2 saturated heterocycles. The quantitative estimate of drug-likeness (QED) is 0.417. The molecule has 8 heteroatoms. The largest absolute Gasteiger partial charge is 0.497 e. The van der Waals surface area contributed by atoms with Crippen molar-refractivity contribution in [1.29, 1.82) is 0 Å². The van der Waals surface area contributed by atoms with E-state index in [0.29, 0.717) is 5.92 Å². The van der Waals surface area contributed by atoms with Crippen molar-refractivity contribution in [3.8, 4) is 5.75 Å². The SMILES string of the molecule is CN=C(NCC1CCN(CCOC)CC1)NCC(c1ccc(OC)cc1)N1CCOCC1. The number of likely N-dealkylation sites (tertiary alicyclic amines) is 1. The molecule has 2 N–H and O–H groups in total. The normalized spacial score (nSPS) is 20.2. The second kappa shape index (κ2) is 13.6. The van der Waals surface area contributed by atoms with E-state index in [1.807, 2.05) is 19.2 Å². The molecule has 2 aliphatic heterocycles. The van der Waals surface area contributed by atoms with Crippen LogP contribution in [0.15, 0.2) is 29.3 Å². The average Bonchev–Trinajstić information content (AvgIpc) is 2.86. The summed E-state index contributed by atoms with van der Waals surface area (Å²) in [5.41, 5.74) is 1.28. The number of morpholine rings is 1. The molecule has 2 fully saturated rings. The van der Waals surface area contributed by atoms with Gasteiger partial charge in [-0.25, -0.2) is 0 Å². The summed E-state index contributed by atoms with van der Waals surface area (Å²) in [4.78, 5) is 9.45. The first kappa shape index (κ1) is 24.8. The Balaban J connectivity index is 1.50. The number of hydrogen-bond donors (Lipinski definition) is 2. The Morgan fingerprint density at radius 2 is 1.81 bits per heavy atom. The third-order valence-corrected chi connectivity index (χ3v) is 6.55. The monoisotopic (exact) mass is 447 g/mol. The lowest BCUT2D eigenvalue weighted by molar-refractivity contribution is 0.0170. The van der Waals surface area contributed by atoms with Gasteiger partial charge < -0.3 is 29.7 Å². The van der Waals surface area contributed by atoms with E-state index in [0.717, 1.165) is 77.3 Å². The number of rotatable bonds is 10. The van der Waals surface area contributed by atoms with Crippen LogP contribution in [0.2, 0.25) is 0 Å². The van der Waals surface area contributed by atoms with Crippen LogP contribution in [0.4, 0.5) is 0 Å². The first-order valence-electron chi connectivity index (χ1n) is 11.8. The Bertz CT molecular complexity index is 671. The smallest absolute Gasteiger partial charge is 0.191 e. The summed E-state index contributed by atoms with van der Waals surface area (Å²) in [5, 5.41) is 7.13. The van der Waals surface area contributed by atoms with Gasteiger partial charge in [0, 0.05) is 46.9 Å².